The molecule has 0 radical (unpaired) electrons. The van der Waals surface area contributed by atoms with Gasteiger partial charge in [-0.05, 0) is 49.9 Å². The first-order chi connectivity index (χ1) is 12.5. The molecule has 0 saturated carbocycles. The first kappa shape index (κ1) is 18.0. The summed E-state index contributed by atoms with van der Waals surface area (Å²) in [4.78, 5) is 26.6. The fraction of sp³-hybridized carbons (Fsp3) is 0.333. The van der Waals surface area contributed by atoms with E-state index in [1.807, 2.05) is 50.2 Å². The molecule has 1 aliphatic heterocycles. The molecule has 2 aromatic carbocycles. The maximum atomic E-state index is 12.3. The molecule has 26 heavy (non-hydrogen) atoms. The Kier molecular flexibility index (Phi) is 5.26. The lowest BCUT2D eigenvalue weighted by Gasteiger charge is -2.24. The molecule has 1 heterocycles. The molecule has 1 aliphatic rings. The summed E-state index contributed by atoms with van der Waals surface area (Å²) in [5, 5.41) is 5.61. The van der Waals surface area contributed by atoms with Gasteiger partial charge >= 0.3 is 0 Å². The summed E-state index contributed by atoms with van der Waals surface area (Å²) in [5.41, 5.74) is 5.20. The molecular formula is C21H25N3O2. The van der Waals surface area contributed by atoms with Crippen molar-refractivity contribution >= 4 is 23.2 Å². The molecule has 0 fully saturated rings. The highest BCUT2D eigenvalue weighted by atomic mass is 16.2. The molecule has 0 saturated heterocycles. The van der Waals surface area contributed by atoms with Gasteiger partial charge in [-0.3, -0.25) is 9.59 Å². The Morgan fingerprint density at radius 2 is 1.73 bits per heavy atom. The van der Waals surface area contributed by atoms with Crippen molar-refractivity contribution in [2.24, 2.45) is 0 Å². The van der Waals surface area contributed by atoms with E-state index in [-0.39, 0.29) is 30.9 Å². The highest BCUT2D eigenvalue weighted by molar-refractivity contribution is 5.96. The molecule has 1 atom stereocenters. The number of para-hydroxylation sites is 2. The van der Waals surface area contributed by atoms with Gasteiger partial charge in [-0.15, -0.1) is 0 Å². The Hall–Kier alpha value is -2.82. The van der Waals surface area contributed by atoms with E-state index in [2.05, 4.69) is 28.5 Å². The van der Waals surface area contributed by atoms with Crippen LogP contribution in [-0.2, 0) is 16.0 Å². The number of hydrogen-bond acceptors (Lipinski definition) is 3. The SMILES string of the molecule is Cc1cccc(C)c1NC(=O)CNC(=O)CN1c2ccccc2CC1C. The molecule has 5 heteroatoms. The molecule has 2 aromatic rings. The largest absolute Gasteiger partial charge is 0.359 e. The first-order valence-corrected chi connectivity index (χ1v) is 8.93. The van der Waals surface area contributed by atoms with Crippen LogP contribution in [0.4, 0.5) is 11.4 Å². The number of fused-ring (bicyclic) bond motifs is 1. The summed E-state index contributed by atoms with van der Waals surface area (Å²) in [6, 6.07) is 14.3. The van der Waals surface area contributed by atoms with Gasteiger partial charge in [-0.25, -0.2) is 0 Å². The zero-order valence-corrected chi connectivity index (χ0v) is 15.5. The van der Waals surface area contributed by atoms with Crippen molar-refractivity contribution < 1.29 is 9.59 Å². The van der Waals surface area contributed by atoms with Crippen LogP contribution in [0.1, 0.15) is 23.6 Å². The van der Waals surface area contributed by atoms with Crippen LogP contribution in [0.2, 0.25) is 0 Å². The summed E-state index contributed by atoms with van der Waals surface area (Å²) in [5.74, 6) is -0.365. The number of carbonyl (C=O) groups is 2. The molecule has 0 aromatic heterocycles. The topological polar surface area (TPSA) is 61.4 Å². The van der Waals surface area contributed by atoms with E-state index < -0.39 is 0 Å². The van der Waals surface area contributed by atoms with E-state index in [0.717, 1.165) is 28.9 Å². The fourth-order valence-corrected chi connectivity index (χ4v) is 3.46. The average Bonchev–Trinajstić information content (AvgIpc) is 2.92. The van der Waals surface area contributed by atoms with Crippen molar-refractivity contribution in [3.05, 3.63) is 59.2 Å². The maximum Gasteiger partial charge on any atom is 0.243 e. The predicted octanol–water partition coefficient (Wildman–Crippen LogP) is 2.81. The molecule has 1 unspecified atom stereocenters. The number of aryl methyl sites for hydroxylation is 2. The van der Waals surface area contributed by atoms with Crippen LogP contribution in [0.3, 0.4) is 0 Å². The minimum Gasteiger partial charge on any atom is -0.359 e. The van der Waals surface area contributed by atoms with Crippen LogP contribution in [0, 0.1) is 13.8 Å². The first-order valence-electron chi connectivity index (χ1n) is 8.93. The quantitative estimate of drug-likeness (QED) is 0.871. The lowest BCUT2D eigenvalue weighted by atomic mass is 10.1. The molecule has 2 amide bonds. The molecule has 0 spiro atoms. The van der Waals surface area contributed by atoms with Crippen molar-refractivity contribution in [1.29, 1.82) is 0 Å². The minimum atomic E-state index is -0.217. The van der Waals surface area contributed by atoms with Crippen LogP contribution < -0.4 is 15.5 Å². The number of carbonyl (C=O) groups excluding carboxylic acids is 2. The number of benzene rings is 2. The summed E-state index contributed by atoms with van der Waals surface area (Å²) in [6.45, 7) is 6.24. The van der Waals surface area contributed by atoms with E-state index in [1.165, 1.54) is 5.56 Å². The van der Waals surface area contributed by atoms with E-state index in [9.17, 15) is 9.59 Å². The normalized spacial score (nSPS) is 15.5. The Morgan fingerprint density at radius 1 is 1.04 bits per heavy atom. The highest BCUT2D eigenvalue weighted by Gasteiger charge is 2.27. The third kappa shape index (κ3) is 3.87. The lowest BCUT2D eigenvalue weighted by Crippen LogP contribution is -2.42. The maximum absolute atomic E-state index is 12.3. The smallest absolute Gasteiger partial charge is 0.243 e. The minimum absolute atomic E-state index is 0.0313. The van der Waals surface area contributed by atoms with Crippen molar-refractivity contribution in [2.45, 2.75) is 33.2 Å². The van der Waals surface area contributed by atoms with Gasteiger partial charge in [0.15, 0.2) is 0 Å². The second kappa shape index (κ2) is 7.60. The van der Waals surface area contributed by atoms with Crippen molar-refractivity contribution in [3.8, 4) is 0 Å². The molecule has 5 nitrogen and oxygen atoms in total. The third-order valence-corrected chi connectivity index (χ3v) is 4.85. The highest BCUT2D eigenvalue weighted by Crippen LogP contribution is 2.31. The number of amides is 2. The molecule has 0 aliphatic carbocycles. The number of nitrogens with zero attached hydrogens (tertiary/aromatic N) is 1. The third-order valence-electron chi connectivity index (χ3n) is 4.85. The average molecular weight is 351 g/mol. The number of nitrogens with one attached hydrogen (secondary N) is 2. The van der Waals surface area contributed by atoms with Crippen LogP contribution in [0.5, 0.6) is 0 Å². The molecular weight excluding hydrogens is 326 g/mol. The van der Waals surface area contributed by atoms with Gasteiger partial charge in [0.2, 0.25) is 11.8 Å². The van der Waals surface area contributed by atoms with Crippen LogP contribution in [-0.4, -0.2) is 30.9 Å². The Morgan fingerprint density at radius 3 is 2.46 bits per heavy atom. The lowest BCUT2D eigenvalue weighted by molar-refractivity contribution is -0.123. The number of rotatable bonds is 5. The standard InChI is InChI=1S/C21H25N3O2/c1-14-7-6-8-15(2)21(14)23-19(25)12-22-20(26)13-24-16(3)11-17-9-4-5-10-18(17)24/h4-10,16H,11-13H2,1-3H3,(H,22,26)(H,23,25). The second-order valence-electron chi connectivity index (χ2n) is 6.90. The van der Waals surface area contributed by atoms with E-state index >= 15 is 0 Å². The number of anilines is 2. The van der Waals surface area contributed by atoms with Crippen molar-refractivity contribution in [3.63, 3.8) is 0 Å². The zero-order chi connectivity index (χ0) is 18.7. The van der Waals surface area contributed by atoms with E-state index in [0.29, 0.717) is 0 Å². The van der Waals surface area contributed by atoms with E-state index in [1.54, 1.807) is 0 Å². The van der Waals surface area contributed by atoms with Crippen molar-refractivity contribution in [1.82, 2.24) is 5.32 Å². The Labute approximate surface area is 154 Å². The summed E-state index contributed by atoms with van der Waals surface area (Å²) in [6.07, 6.45) is 0.941. The molecule has 136 valence electrons. The van der Waals surface area contributed by atoms with Gasteiger partial charge in [-0.1, -0.05) is 36.4 Å². The van der Waals surface area contributed by atoms with Gasteiger partial charge in [-0.2, -0.15) is 0 Å². The molecule has 2 N–H and O–H groups in total. The van der Waals surface area contributed by atoms with Gasteiger partial charge < -0.3 is 15.5 Å². The fourth-order valence-electron chi connectivity index (χ4n) is 3.46. The van der Waals surface area contributed by atoms with Crippen LogP contribution in [0.25, 0.3) is 0 Å². The molecule has 3 rings (SSSR count). The van der Waals surface area contributed by atoms with Gasteiger partial charge in [0.05, 0.1) is 13.1 Å². The Bertz CT molecular complexity index is 812. The van der Waals surface area contributed by atoms with E-state index in [4.69, 9.17) is 0 Å². The Balaban J connectivity index is 1.54. The predicted molar refractivity (Wildman–Crippen MR) is 105 cm³/mol. The summed E-state index contributed by atoms with van der Waals surface area (Å²) in [7, 11) is 0. The monoisotopic (exact) mass is 351 g/mol. The summed E-state index contributed by atoms with van der Waals surface area (Å²) >= 11 is 0. The van der Waals surface area contributed by atoms with Gasteiger partial charge in [0.25, 0.3) is 0 Å². The van der Waals surface area contributed by atoms with Crippen LogP contribution in [0.15, 0.2) is 42.5 Å². The van der Waals surface area contributed by atoms with Crippen molar-refractivity contribution in [2.75, 3.05) is 23.3 Å². The second-order valence-corrected chi connectivity index (χ2v) is 6.90. The van der Waals surface area contributed by atoms with Gasteiger partial charge in [0, 0.05) is 17.4 Å². The zero-order valence-electron chi connectivity index (χ0n) is 15.5. The van der Waals surface area contributed by atoms with Crippen LogP contribution >= 0.6 is 0 Å². The number of hydrogen-bond donors (Lipinski definition) is 2. The molecule has 0 bridgehead atoms. The summed E-state index contributed by atoms with van der Waals surface area (Å²) < 4.78 is 0. The van der Waals surface area contributed by atoms with Gasteiger partial charge in [0.1, 0.15) is 0 Å².